The van der Waals surface area contributed by atoms with Crippen molar-refractivity contribution in [3.05, 3.63) is 0 Å². The molecule has 0 saturated heterocycles. The first kappa shape index (κ1) is 12.2. The number of hydrogen-bond acceptors (Lipinski definition) is 3. The van der Waals surface area contributed by atoms with E-state index in [0.29, 0.717) is 6.42 Å². The molecule has 0 aromatic rings. The van der Waals surface area contributed by atoms with Gasteiger partial charge in [0.2, 0.25) is 0 Å². The lowest BCUT2D eigenvalue weighted by molar-refractivity contribution is 0.336. The van der Waals surface area contributed by atoms with Crippen LogP contribution in [-0.4, -0.2) is 14.5 Å². The summed E-state index contributed by atoms with van der Waals surface area (Å²) >= 11 is 0. The van der Waals surface area contributed by atoms with E-state index in [1.165, 1.54) is 0 Å². The Kier molecular flexibility index (Phi) is 5.39. The van der Waals surface area contributed by atoms with Crippen molar-refractivity contribution in [2.24, 2.45) is 11.1 Å². The molecule has 1 atom stereocenters. The Hall–Kier alpha value is -0.823. The van der Waals surface area contributed by atoms with E-state index >= 15 is 0 Å². The van der Waals surface area contributed by atoms with Crippen molar-refractivity contribution in [3.63, 3.8) is 0 Å². The van der Waals surface area contributed by atoms with Crippen molar-refractivity contribution >= 4 is 14.5 Å². The highest BCUT2D eigenvalue weighted by molar-refractivity contribution is 6.69. The second kappa shape index (κ2) is 5.76. The lowest BCUT2D eigenvalue weighted by Crippen LogP contribution is -2.22. The zero-order valence-electron chi connectivity index (χ0n) is 8.87. The van der Waals surface area contributed by atoms with E-state index in [2.05, 4.69) is 30.9 Å². The number of nitriles is 1. The monoisotopic (exact) mass is 198 g/mol. The predicted octanol–water partition coefficient (Wildman–Crippen LogP) is 2.76. The highest BCUT2D eigenvalue weighted by Crippen LogP contribution is 2.05. The lowest BCUT2D eigenvalue weighted by Gasteiger charge is -2.12. The standard InChI is InChI=1S/C9H18N2OSi/c1-5-9(8-10)6-7-11-12-13(2,3)4/h7,9H,5-6H2,1-4H3. The van der Waals surface area contributed by atoms with Gasteiger partial charge >= 0.3 is 0 Å². The van der Waals surface area contributed by atoms with Gasteiger partial charge in [0.15, 0.2) is 0 Å². The molecule has 0 aliphatic rings. The van der Waals surface area contributed by atoms with Crippen LogP contribution >= 0.6 is 0 Å². The smallest absolute Gasteiger partial charge is 0.278 e. The molecule has 0 aliphatic heterocycles. The topological polar surface area (TPSA) is 45.4 Å². The summed E-state index contributed by atoms with van der Waals surface area (Å²) in [5.74, 6) is 0.0778. The first-order valence-corrected chi connectivity index (χ1v) is 8.00. The second-order valence-electron chi connectivity index (χ2n) is 3.96. The summed E-state index contributed by atoms with van der Waals surface area (Å²) in [4.78, 5) is 0. The zero-order valence-corrected chi connectivity index (χ0v) is 9.87. The van der Waals surface area contributed by atoms with Crippen LogP contribution in [-0.2, 0) is 4.53 Å². The van der Waals surface area contributed by atoms with Crippen LogP contribution < -0.4 is 0 Å². The van der Waals surface area contributed by atoms with Gasteiger partial charge in [-0.05, 0) is 26.1 Å². The first-order chi connectivity index (χ1) is 5.99. The Morgan fingerprint density at radius 2 is 2.15 bits per heavy atom. The largest absolute Gasteiger partial charge is 0.456 e. The Balaban J connectivity index is 3.70. The Bertz CT molecular complexity index is 203. The van der Waals surface area contributed by atoms with E-state index in [9.17, 15) is 0 Å². The van der Waals surface area contributed by atoms with Crippen LogP contribution in [0.4, 0.5) is 0 Å². The third kappa shape index (κ3) is 7.53. The molecule has 13 heavy (non-hydrogen) atoms. The van der Waals surface area contributed by atoms with Crippen molar-refractivity contribution < 1.29 is 4.53 Å². The van der Waals surface area contributed by atoms with Crippen molar-refractivity contribution in [1.82, 2.24) is 0 Å². The zero-order chi connectivity index (χ0) is 10.3. The van der Waals surface area contributed by atoms with Gasteiger partial charge in [-0.2, -0.15) is 5.26 Å². The molecule has 0 saturated carbocycles. The molecule has 0 radical (unpaired) electrons. The van der Waals surface area contributed by atoms with E-state index < -0.39 is 8.32 Å². The highest BCUT2D eigenvalue weighted by atomic mass is 28.4. The molecule has 4 heteroatoms. The van der Waals surface area contributed by atoms with E-state index in [4.69, 9.17) is 9.79 Å². The molecule has 0 rings (SSSR count). The molecule has 3 nitrogen and oxygen atoms in total. The Morgan fingerprint density at radius 1 is 1.54 bits per heavy atom. The molecule has 0 aliphatic carbocycles. The van der Waals surface area contributed by atoms with Crippen LogP contribution in [0, 0.1) is 17.2 Å². The van der Waals surface area contributed by atoms with Gasteiger partial charge in [0.05, 0.1) is 12.0 Å². The average molecular weight is 198 g/mol. The van der Waals surface area contributed by atoms with Gasteiger partial charge in [-0.15, -0.1) is 5.16 Å². The van der Waals surface area contributed by atoms with Crippen molar-refractivity contribution in [2.45, 2.75) is 39.4 Å². The van der Waals surface area contributed by atoms with Crippen LogP contribution in [0.15, 0.2) is 5.16 Å². The number of rotatable bonds is 5. The van der Waals surface area contributed by atoms with Crippen LogP contribution in [0.5, 0.6) is 0 Å². The van der Waals surface area contributed by atoms with Crippen LogP contribution in [0.2, 0.25) is 19.6 Å². The third-order valence-corrected chi connectivity index (χ3v) is 2.12. The summed E-state index contributed by atoms with van der Waals surface area (Å²) < 4.78 is 5.27. The van der Waals surface area contributed by atoms with Gasteiger partial charge in [-0.1, -0.05) is 6.92 Å². The molecule has 0 bridgehead atoms. The van der Waals surface area contributed by atoms with Gasteiger partial charge in [-0.25, -0.2) is 0 Å². The van der Waals surface area contributed by atoms with Gasteiger partial charge < -0.3 is 4.53 Å². The number of nitrogens with zero attached hydrogens (tertiary/aromatic N) is 2. The summed E-state index contributed by atoms with van der Waals surface area (Å²) in [6.45, 7) is 8.23. The number of hydrogen-bond donors (Lipinski definition) is 0. The quantitative estimate of drug-likeness (QED) is 0.387. The molecule has 0 aromatic heterocycles. The minimum atomic E-state index is -1.53. The fourth-order valence-corrected chi connectivity index (χ4v) is 1.07. The van der Waals surface area contributed by atoms with Crippen molar-refractivity contribution in [3.8, 4) is 6.07 Å². The molecule has 0 spiro atoms. The summed E-state index contributed by atoms with van der Waals surface area (Å²) in [5.41, 5.74) is 0. The van der Waals surface area contributed by atoms with Gasteiger partial charge in [0.1, 0.15) is 0 Å². The van der Waals surface area contributed by atoms with Crippen molar-refractivity contribution in [1.29, 1.82) is 5.26 Å². The highest BCUT2D eigenvalue weighted by Gasteiger charge is 2.15. The van der Waals surface area contributed by atoms with E-state index in [0.717, 1.165) is 6.42 Å². The maximum atomic E-state index is 8.64. The van der Waals surface area contributed by atoms with Gasteiger partial charge in [0, 0.05) is 12.6 Å². The average Bonchev–Trinajstić information content (AvgIpc) is 2.03. The summed E-state index contributed by atoms with van der Waals surface area (Å²) in [6.07, 6.45) is 3.27. The fraction of sp³-hybridized carbons (Fsp3) is 0.778. The summed E-state index contributed by atoms with van der Waals surface area (Å²) in [7, 11) is -1.53. The fourth-order valence-electron chi connectivity index (χ4n) is 0.676. The van der Waals surface area contributed by atoms with Crippen LogP contribution in [0.25, 0.3) is 0 Å². The maximum Gasteiger partial charge on any atom is 0.278 e. The van der Waals surface area contributed by atoms with E-state index in [1.807, 2.05) is 6.92 Å². The van der Waals surface area contributed by atoms with E-state index in [-0.39, 0.29) is 5.92 Å². The first-order valence-electron chi connectivity index (χ1n) is 4.59. The molecule has 0 amide bonds. The molecular weight excluding hydrogens is 180 g/mol. The molecular formula is C9H18N2OSi. The normalized spacial score (nSPS) is 14.1. The van der Waals surface area contributed by atoms with Crippen LogP contribution in [0.1, 0.15) is 19.8 Å². The number of oxime groups is 1. The molecule has 0 fully saturated rings. The third-order valence-electron chi connectivity index (χ3n) is 1.47. The van der Waals surface area contributed by atoms with Crippen molar-refractivity contribution in [2.75, 3.05) is 0 Å². The van der Waals surface area contributed by atoms with Crippen LogP contribution in [0.3, 0.4) is 0 Å². The van der Waals surface area contributed by atoms with Gasteiger partial charge in [-0.3, -0.25) is 0 Å². The molecule has 1 unspecified atom stereocenters. The molecule has 0 N–H and O–H groups in total. The predicted molar refractivity (Wildman–Crippen MR) is 56.9 cm³/mol. The second-order valence-corrected chi connectivity index (χ2v) is 8.37. The Labute approximate surface area is 81.5 Å². The lowest BCUT2D eigenvalue weighted by atomic mass is 10.1. The van der Waals surface area contributed by atoms with E-state index in [1.54, 1.807) is 6.21 Å². The molecule has 0 heterocycles. The van der Waals surface area contributed by atoms with Gasteiger partial charge in [0.25, 0.3) is 8.32 Å². The maximum absolute atomic E-state index is 8.64. The minimum Gasteiger partial charge on any atom is -0.456 e. The summed E-state index contributed by atoms with van der Waals surface area (Å²) in [6, 6.07) is 2.21. The minimum absolute atomic E-state index is 0.0778. The molecule has 0 aromatic carbocycles. The summed E-state index contributed by atoms with van der Waals surface area (Å²) in [5, 5.41) is 12.5. The SMILES string of the molecule is CCC(C#N)CC=NO[Si](C)(C)C. The molecule has 74 valence electrons. The Morgan fingerprint density at radius 3 is 2.54 bits per heavy atom.